The van der Waals surface area contributed by atoms with Gasteiger partial charge in [0, 0.05) is 13.0 Å². The van der Waals surface area contributed by atoms with Crippen LogP contribution in [0.25, 0.3) is 0 Å². The van der Waals surface area contributed by atoms with Gasteiger partial charge in [-0.15, -0.1) is 0 Å². The number of epoxide rings is 1. The molecule has 1 aromatic rings. The third kappa shape index (κ3) is 6.54. The second-order valence-electron chi connectivity index (χ2n) is 5.85. The Morgan fingerprint density at radius 3 is 2.61 bits per heavy atom. The fourth-order valence-corrected chi connectivity index (χ4v) is 2.07. The molecule has 1 aliphatic heterocycles. The Labute approximate surface area is 135 Å². The minimum absolute atomic E-state index is 0.210. The summed E-state index contributed by atoms with van der Waals surface area (Å²) >= 11 is 0. The van der Waals surface area contributed by atoms with Crippen LogP contribution in [0.5, 0.6) is 0 Å². The summed E-state index contributed by atoms with van der Waals surface area (Å²) in [5.74, 6) is -1.05. The van der Waals surface area contributed by atoms with E-state index >= 15 is 0 Å². The van der Waals surface area contributed by atoms with Crippen LogP contribution >= 0.6 is 0 Å². The second-order valence-corrected chi connectivity index (χ2v) is 5.85. The number of carbonyl (C=O) groups excluding carboxylic acids is 1. The van der Waals surface area contributed by atoms with Crippen LogP contribution in [-0.4, -0.2) is 31.3 Å². The molecule has 1 aromatic carbocycles. The normalized spacial score (nSPS) is 19.7. The molecule has 0 aliphatic carbocycles. The van der Waals surface area contributed by atoms with Crippen LogP contribution in [0.2, 0.25) is 0 Å². The van der Waals surface area contributed by atoms with Crippen LogP contribution in [0.4, 0.5) is 9.18 Å². The lowest BCUT2D eigenvalue weighted by atomic mass is 10.2. The van der Waals surface area contributed by atoms with Gasteiger partial charge in [0.15, 0.2) is 0 Å². The monoisotopic (exact) mass is 326 g/mol. The predicted molar refractivity (Wildman–Crippen MR) is 81.3 cm³/mol. The number of halogens is 1. The summed E-state index contributed by atoms with van der Waals surface area (Å²) in [5, 5.41) is 0. The lowest BCUT2D eigenvalue weighted by Gasteiger charge is -2.14. The molecule has 23 heavy (non-hydrogen) atoms. The first kappa shape index (κ1) is 17.7. The lowest BCUT2D eigenvalue weighted by Crippen LogP contribution is -2.24. The Morgan fingerprint density at radius 2 is 2.00 bits per heavy atom. The Morgan fingerprint density at radius 1 is 1.30 bits per heavy atom. The number of ether oxygens (including phenoxy) is 4. The van der Waals surface area contributed by atoms with Crippen LogP contribution in [0, 0.1) is 5.82 Å². The standard InChI is InChI=1S/C17H23FO5/c1-13(2)22-16(19)23-17(12-21-17)9-3-4-10-20-11-14-5-7-15(18)8-6-14/h5-8,13H,3-4,9-12H2,1-2H3. The van der Waals surface area contributed by atoms with Crippen molar-refractivity contribution in [2.24, 2.45) is 0 Å². The van der Waals surface area contributed by atoms with Crippen molar-refractivity contribution in [3.8, 4) is 0 Å². The summed E-state index contributed by atoms with van der Waals surface area (Å²) in [5.41, 5.74) is 0.938. The molecule has 1 atom stereocenters. The highest BCUT2D eigenvalue weighted by molar-refractivity contribution is 5.60. The van der Waals surface area contributed by atoms with Gasteiger partial charge in [-0.2, -0.15) is 0 Å². The third-order valence-electron chi connectivity index (χ3n) is 3.35. The Balaban J connectivity index is 1.55. The SMILES string of the molecule is CC(C)OC(=O)OC1(CCCCOCc2ccc(F)cc2)CO1. The highest BCUT2D eigenvalue weighted by Gasteiger charge is 2.49. The molecule has 0 saturated carbocycles. The van der Waals surface area contributed by atoms with Crippen LogP contribution < -0.4 is 0 Å². The zero-order valence-corrected chi connectivity index (χ0v) is 13.5. The van der Waals surface area contributed by atoms with E-state index in [2.05, 4.69) is 0 Å². The van der Waals surface area contributed by atoms with Gasteiger partial charge in [0.1, 0.15) is 12.4 Å². The first-order valence-corrected chi connectivity index (χ1v) is 7.85. The number of hydrogen-bond donors (Lipinski definition) is 0. The van der Waals surface area contributed by atoms with Gasteiger partial charge in [0.2, 0.25) is 5.79 Å². The number of unbranched alkanes of at least 4 members (excludes halogenated alkanes) is 1. The largest absolute Gasteiger partial charge is 0.511 e. The van der Waals surface area contributed by atoms with Gasteiger partial charge in [-0.05, 0) is 44.4 Å². The van der Waals surface area contributed by atoms with Crippen molar-refractivity contribution in [1.82, 2.24) is 0 Å². The van der Waals surface area contributed by atoms with Crippen molar-refractivity contribution in [2.45, 2.75) is 51.6 Å². The molecule has 1 unspecified atom stereocenters. The summed E-state index contributed by atoms with van der Waals surface area (Å²) < 4.78 is 33.6. The van der Waals surface area contributed by atoms with Crippen molar-refractivity contribution >= 4 is 6.16 Å². The number of carbonyl (C=O) groups is 1. The van der Waals surface area contributed by atoms with E-state index < -0.39 is 11.9 Å². The predicted octanol–water partition coefficient (Wildman–Crippen LogP) is 3.80. The maximum absolute atomic E-state index is 12.8. The highest BCUT2D eigenvalue weighted by Crippen LogP contribution is 2.34. The van der Waals surface area contributed by atoms with Crippen molar-refractivity contribution in [1.29, 1.82) is 0 Å². The number of hydrogen-bond acceptors (Lipinski definition) is 5. The van der Waals surface area contributed by atoms with Crippen molar-refractivity contribution < 1.29 is 28.1 Å². The van der Waals surface area contributed by atoms with Gasteiger partial charge in [-0.3, -0.25) is 0 Å². The fraction of sp³-hybridized carbons (Fsp3) is 0.588. The van der Waals surface area contributed by atoms with Crippen molar-refractivity contribution in [3.05, 3.63) is 35.6 Å². The average molecular weight is 326 g/mol. The van der Waals surface area contributed by atoms with Crippen LogP contribution in [0.1, 0.15) is 38.7 Å². The Hall–Kier alpha value is -1.66. The van der Waals surface area contributed by atoms with Gasteiger partial charge in [0.05, 0.1) is 12.7 Å². The molecule has 1 fully saturated rings. The first-order valence-electron chi connectivity index (χ1n) is 7.85. The maximum Gasteiger partial charge on any atom is 0.511 e. The van der Waals surface area contributed by atoms with E-state index in [1.165, 1.54) is 12.1 Å². The molecule has 0 bridgehead atoms. The van der Waals surface area contributed by atoms with Gasteiger partial charge < -0.3 is 18.9 Å². The minimum Gasteiger partial charge on any atom is -0.432 e. The topological polar surface area (TPSA) is 57.3 Å². The van der Waals surface area contributed by atoms with Gasteiger partial charge >= 0.3 is 6.16 Å². The molecule has 2 rings (SSSR count). The molecular weight excluding hydrogens is 303 g/mol. The molecule has 1 aliphatic rings. The highest BCUT2D eigenvalue weighted by atomic mass is 19.1. The minimum atomic E-state index is -0.803. The molecule has 1 saturated heterocycles. The summed E-state index contributed by atoms with van der Waals surface area (Å²) in [6.45, 7) is 4.99. The van der Waals surface area contributed by atoms with Crippen molar-refractivity contribution in [2.75, 3.05) is 13.2 Å². The molecule has 5 nitrogen and oxygen atoms in total. The molecule has 6 heteroatoms. The molecule has 0 radical (unpaired) electrons. The van der Waals surface area contributed by atoms with E-state index in [0.29, 0.717) is 26.2 Å². The molecule has 0 aromatic heterocycles. The molecule has 1 heterocycles. The maximum atomic E-state index is 12.8. The number of benzene rings is 1. The van der Waals surface area contributed by atoms with E-state index in [-0.39, 0.29) is 11.9 Å². The molecule has 128 valence electrons. The second kappa shape index (κ2) is 8.26. The molecule has 0 N–H and O–H groups in total. The summed E-state index contributed by atoms with van der Waals surface area (Å²) in [7, 11) is 0. The Kier molecular flexibility index (Phi) is 6.36. The number of rotatable bonds is 9. The fourth-order valence-electron chi connectivity index (χ4n) is 2.07. The zero-order chi connectivity index (χ0) is 16.7. The summed E-state index contributed by atoms with van der Waals surface area (Å²) in [4.78, 5) is 11.4. The van der Waals surface area contributed by atoms with Crippen LogP contribution in [0.15, 0.2) is 24.3 Å². The lowest BCUT2D eigenvalue weighted by molar-refractivity contribution is -0.0491. The molecule has 0 spiro atoms. The van der Waals surface area contributed by atoms with Crippen LogP contribution in [-0.2, 0) is 25.6 Å². The molecular formula is C17H23FO5. The smallest absolute Gasteiger partial charge is 0.432 e. The van der Waals surface area contributed by atoms with Gasteiger partial charge in [0.25, 0.3) is 0 Å². The van der Waals surface area contributed by atoms with E-state index in [1.54, 1.807) is 26.0 Å². The van der Waals surface area contributed by atoms with Crippen molar-refractivity contribution in [3.63, 3.8) is 0 Å². The van der Waals surface area contributed by atoms with Gasteiger partial charge in [-0.25, -0.2) is 9.18 Å². The van der Waals surface area contributed by atoms with E-state index in [4.69, 9.17) is 18.9 Å². The third-order valence-corrected chi connectivity index (χ3v) is 3.35. The first-order chi connectivity index (χ1) is 11.0. The van der Waals surface area contributed by atoms with Gasteiger partial charge in [-0.1, -0.05) is 12.1 Å². The van der Waals surface area contributed by atoms with E-state index in [0.717, 1.165) is 18.4 Å². The quantitative estimate of drug-likeness (QED) is 0.392. The zero-order valence-electron chi connectivity index (χ0n) is 13.5. The average Bonchev–Trinajstić information content (AvgIpc) is 3.23. The van der Waals surface area contributed by atoms with Crippen LogP contribution in [0.3, 0.4) is 0 Å². The molecule has 0 amide bonds. The Bertz CT molecular complexity index is 496. The van der Waals surface area contributed by atoms with E-state index in [1.807, 2.05) is 0 Å². The summed E-state index contributed by atoms with van der Waals surface area (Å²) in [6.07, 6.45) is 1.37. The summed E-state index contributed by atoms with van der Waals surface area (Å²) in [6, 6.07) is 6.24. The van der Waals surface area contributed by atoms with E-state index in [9.17, 15) is 9.18 Å².